The Morgan fingerprint density at radius 1 is 1.21 bits per heavy atom. The molecule has 1 rings (SSSR count). The van der Waals surface area contributed by atoms with Crippen LogP contribution in [-0.2, 0) is 4.74 Å². The fraction of sp³-hybridized carbons (Fsp3) is 0.944. The lowest BCUT2D eigenvalue weighted by atomic mass is 9.93. The third kappa shape index (κ3) is 9.45. The maximum atomic E-state index is 5.08. The average Bonchev–Trinajstić information content (AvgIpc) is 2.61. The maximum Gasteiger partial charge on any atom is 0.191 e. The van der Waals surface area contributed by atoms with Crippen LogP contribution < -0.4 is 10.6 Å². The number of likely N-dealkylation sites (tertiary alicyclic amines) is 1. The highest BCUT2D eigenvalue weighted by molar-refractivity contribution is 5.79. The molecule has 0 spiro atoms. The van der Waals surface area contributed by atoms with Gasteiger partial charge in [-0.2, -0.15) is 0 Å². The minimum Gasteiger partial charge on any atom is -0.385 e. The van der Waals surface area contributed by atoms with E-state index in [2.05, 4.69) is 39.4 Å². The summed E-state index contributed by atoms with van der Waals surface area (Å²) in [6.45, 7) is 10.8. The van der Waals surface area contributed by atoms with E-state index in [0.29, 0.717) is 0 Å². The monoisotopic (exact) mass is 341 g/mol. The second kappa shape index (κ2) is 13.4. The second-order valence-electron chi connectivity index (χ2n) is 6.74. The SMILES string of the molecule is CCN1CCC(CCNC(=NC)NCCN(C)CCCOC)CC1. The molecule has 0 bridgehead atoms. The third-order valence-electron chi connectivity index (χ3n) is 4.90. The van der Waals surface area contributed by atoms with E-state index in [0.717, 1.165) is 51.1 Å². The fourth-order valence-corrected chi connectivity index (χ4v) is 3.16. The van der Waals surface area contributed by atoms with Crippen molar-refractivity contribution in [2.24, 2.45) is 10.9 Å². The summed E-state index contributed by atoms with van der Waals surface area (Å²) >= 11 is 0. The van der Waals surface area contributed by atoms with Gasteiger partial charge < -0.3 is 25.2 Å². The molecule has 0 aromatic heterocycles. The Hall–Kier alpha value is -0.850. The molecule has 1 heterocycles. The van der Waals surface area contributed by atoms with Gasteiger partial charge in [0.25, 0.3) is 0 Å². The number of nitrogens with zero attached hydrogens (tertiary/aromatic N) is 3. The number of piperidine rings is 1. The first kappa shape index (κ1) is 21.2. The van der Waals surface area contributed by atoms with Gasteiger partial charge in [-0.3, -0.25) is 4.99 Å². The number of guanidine groups is 1. The van der Waals surface area contributed by atoms with Gasteiger partial charge in [0.2, 0.25) is 0 Å². The summed E-state index contributed by atoms with van der Waals surface area (Å²) in [7, 11) is 5.75. The van der Waals surface area contributed by atoms with Gasteiger partial charge in [0, 0.05) is 46.9 Å². The van der Waals surface area contributed by atoms with Crippen LogP contribution in [0.5, 0.6) is 0 Å². The first-order valence-corrected chi connectivity index (χ1v) is 9.54. The van der Waals surface area contributed by atoms with Gasteiger partial charge in [-0.25, -0.2) is 0 Å². The number of methoxy groups -OCH3 is 1. The number of aliphatic imine (C=N–C) groups is 1. The minimum atomic E-state index is 0.832. The maximum absolute atomic E-state index is 5.08. The Balaban J connectivity index is 2.06. The highest BCUT2D eigenvalue weighted by Gasteiger charge is 2.17. The predicted octanol–water partition coefficient (Wildman–Crippen LogP) is 1.24. The molecule has 0 aliphatic carbocycles. The summed E-state index contributed by atoms with van der Waals surface area (Å²) in [5.74, 6) is 1.79. The first-order chi connectivity index (χ1) is 11.7. The number of likely N-dealkylation sites (N-methyl/N-ethyl adjacent to an activating group) is 1. The predicted molar refractivity (Wildman–Crippen MR) is 103 cm³/mol. The molecule has 0 atom stereocenters. The zero-order valence-corrected chi connectivity index (χ0v) is 16.3. The van der Waals surface area contributed by atoms with Gasteiger partial charge in [0.15, 0.2) is 5.96 Å². The van der Waals surface area contributed by atoms with Gasteiger partial charge in [-0.15, -0.1) is 0 Å². The Morgan fingerprint density at radius 3 is 2.54 bits per heavy atom. The van der Waals surface area contributed by atoms with E-state index in [4.69, 9.17) is 4.74 Å². The normalized spacial score (nSPS) is 17.5. The van der Waals surface area contributed by atoms with Crippen LogP contribution in [0.15, 0.2) is 4.99 Å². The van der Waals surface area contributed by atoms with Crippen molar-refractivity contribution in [3.8, 4) is 0 Å². The van der Waals surface area contributed by atoms with Crippen LogP contribution in [0.2, 0.25) is 0 Å². The highest BCUT2D eigenvalue weighted by Crippen LogP contribution is 2.19. The van der Waals surface area contributed by atoms with Crippen molar-refractivity contribution in [3.63, 3.8) is 0 Å². The van der Waals surface area contributed by atoms with Crippen LogP contribution >= 0.6 is 0 Å². The molecule has 0 aromatic carbocycles. The molecule has 0 saturated carbocycles. The lowest BCUT2D eigenvalue weighted by Gasteiger charge is -2.31. The van der Waals surface area contributed by atoms with Crippen molar-refractivity contribution in [3.05, 3.63) is 0 Å². The van der Waals surface area contributed by atoms with Crippen LogP contribution in [0.1, 0.15) is 32.6 Å². The van der Waals surface area contributed by atoms with Crippen LogP contribution in [-0.4, -0.2) is 89.4 Å². The summed E-state index contributed by atoms with van der Waals surface area (Å²) in [6.07, 6.45) is 5.01. The topological polar surface area (TPSA) is 52.1 Å². The fourth-order valence-electron chi connectivity index (χ4n) is 3.16. The number of hydrogen-bond donors (Lipinski definition) is 2. The molecular weight excluding hydrogens is 302 g/mol. The highest BCUT2D eigenvalue weighted by atomic mass is 16.5. The standard InChI is InChI=1S/C18H39N5O/c1-5-23-13-8-17(9-14-23)7-10-20-18(19-2)21-11-15-22(3)12-6-16-24-4/h17H,5-16H2,1-4H3,(H2,19,20,21). The van der Waals surface area contributed by atoms with E-state index in [-0.39, 0.29) is 0 Å². The first-order valence-electron chi connectivity index (χ1n) is 9.54. The van der Waals surface area contributed by atoms with E-state index < -0.39 is 0 Å². The van der Waals surface area contributed by atoms with Crippen LogP contribution in [0.3, 0.4) is 0 Å². The number of nitrogens with one attached hydrogen (secondary N) is 2. The zero-order chi connectivity index (χ0) is 17.6. The van der Waals surface area contributed by atoms with E-state index >= 15 is 0 Å². The Bertz CT molecular complexity index is 329. The van der Waals surface area contributed by atoms with E-state index in [9.17, 15) is 0 Å². The molecule has 1 saturated heterocycles. The summed E-state index contributed by atoms with van der Waals surface area (Å²) in [5, 5.41) is 6.86. The Kier molecular flexibility index (Phi) is 11.9. The van der Waals surface area contributed by atoms with Gasteiger partial charge >= 0.3 is 0 Å². The van der Waals surface area contributed by atoms with Crippen molar-refractivity contribution in [2.75, 3.05) is 73.6 Å². The molecule has 6 heteroatoms. The molecule has 6 nitrogen and oxygen atoms in total. The Labute approximate surface area is 149 Å². The van der Waals surface area contributed by atoms with Crippen LogP contribution in [0.25, 0.3) is 0 Å². The molecule has 0 amide bonds. The molecule has 1 aliphatic rings. The number of hydrogen-bond acceptors (Lipinski definition) is 4. The second-order valence-corrected chi connectivity index (χ2v) is 6.74. The number of ether oxygens (including phenoxy) is 1. The Morgan fingerprint density at radius 2 is 1.92 bits per heavy atom. The summed E-state index contributed by atoms with van der Waals surface area (Å²) in [4.78, 5) is 9.19. The third-order valence-corrected chi connectivity index (χ3v) is 4.90. The quantitative estimate of drug-likeness (QED) is 0.336. The summed E-state index contributed by atoms with van der Waals surface area (Å²) in [6, 6.07) is 0. The van der Waals surface area contributed by atoms with E-state index in [1.165, 1.54) is 38.9 Å². The molecule has 0 radical (unpaired) electrons. The van der Waals surface area contributed by atoms with Gasteiger partial charge in [0.1, 0.15) is 0 Å². The molecule has 1 fully saturated rings. The molecular formula is C18H39N5O. The lowest BCUT2D eigenvalue weighted by molar-refractivity contribution is 0.180. The van der Waals surface area contributed by atoms with Crippen molar-refractivity contribution in [1.29, 1.82) is 0 Å². The number of rotatable bonds is 11. The minimum absolute atomic E-state index is 0.832. The summed E-state index contributed by atoms with van der Waals surface area (Å²) < 4.78 is 5.08. The zero-order valence-electron chi connectivity index (χ0n) is 16.3. The van der Waals surface area contributed by atoms with E-state index in [1.807, 2.05) is 7.05 Å². The smallest absolute Gasteiger partial charge is 0.191 e. The van der Waals surface area contributed by atoms with Crippen molar-refractivity contribution >= 4 is 5.96 Å². The van der Waals surface area contributed by atoms with Crippen LogP contribution in [0, 0.1) is 5.92 Å². The largest absolute Gasteiger partial charge is 0.385 e. The molecule has 24 heavy (non-hydrogen) atoms. The average molecular weight is 342 g/mol. The van der Waals surface area contributed by atoms with Crippen molar-refractivity contribution in [1.82, 2.24) is 20.4 Å². The van der Waals surface area contributed by atoms with Crippen molar-refractivity contribution in [2.45, 2.75) is 32.6 Å². The molecule has 0 aromatic rings. The van der Waals surface area contributed by atoms with Gasteiger partial charge in [-0.1, -0.05) is 6.92 Å². The van der Waals surface area contributed by atoms with E-state index in [1.54, 1.807) is 7.11 Å². The molecule has 2 N–H and O–H groups in total. The molecule has 0 unspecified atom stereocenters. The van der Waals surface area contributed by atoms with Crippen molar-refractivity contribution < 1.29 is 4.74 Å². The van der Waals surface area contributed by atoms with Crippen LogP contribution in [0.4, 0.5) is 0 Å². The lowest BCUT2D eigenvalue weighted by Crippen LogP contribution is -2.42. The summed E-state index contributed by atoms with van der Waals surface area (Å²) in [5.41, 5.74) is 0. The molecule has 1 aliphatic heterocycles. The van der Waals surface area contributed by atoms with Gasteiger partial charge in [-0.05, 0) is 58.3 Å². The molecule has 142 valence electrons. The van der Waals surface area contributed by atoms with Gasteiger partial charge in [0.05, 0.1) is 0 Å².